The summed E-state index contributed by atoms with van der Waals surface area (Å²) < 4.78 is 10.6. The highest BCUT2D eigenvalue weighted by Gasteiger charge is 2.54. The molecule has 2 saturated heterocycles. The largest absolute Gasteiger partial charge is 0.472 e. The number of β-lactam (4-membered cyclic amide) rings is 1. The number of rotatable bonds is 5. The number of nitrogens with zero attached hydrogens (tertiary/aromatic N) is 2. The Labute approximate surface area is 136 Å². The number of nitro groups is 1. The van der Waals surface area contributed by atoms with E-state index in [-0.39, 0.29) is 37.0 Å². The average molecular weight is 334 g/mol. The van der Waals surface area contributed by atoms with Crippen LogP contribution in [0.4, 0.5) is 5.69 Å². The highest BCUT2D eigenvalue weighted by atomic mass is 16.6. The molecule has 2 aliphatic rings. The van der Waals surface area contributed by atoms with Gasteiger partial charge in [-0.3, -0.25) is 19.8 Å². The van der Waals surface area contributed by atoms with E-state index in [0.717, 1.165) is 0 Å². The van der Waals surface area contributed by atoms with Gasteiger partial charge in [0, 0.05) is 12.1 Å². The fourth-order valence-electron chi connectivity index (χ4n) is 2.60. The van der Waals surface area contributed by atoms with Crippen molar-refractivity contribution >= 4 is 17.6 Å². The van der Waals surface area contributed by atoms with Crippen LogP contribution in [0.15, 0.2) is 36.1 Å². The highest BCUT2D eigenvalue weighted by molar-refractivity contribution is 5.91. The summed E-state index contributed by atoms with van der Waals surface area (Å²) >= 11 is 0. The summed E-state index contributed by atoms with van der Waals surface area (Å²) in [6, 6.07) is 4.60. The van der Waals surface area contributed by atoms with Crippen LogP contribution < -0.4 is 0 Å². The van der Waals surface area contributed by atoms with Crippen molar-refractivity contribution in [3.05, 3.63) is 51.8 Å². The number of esters is 1. The van der Waals surface area contributed by atoms with E-state index < -0.39 is 23.2 Å². The van der Waals surface area contributed by atoms with Crippen LogP contribution in [0.2, 0.25) is 0 Å². The van der Waals surface area contributed by atoms with Gasteiger partial charge in [-0.1, -0.05) is 0 Å². The van der Waals surface area contributed by atoms with Crippen molar-refractivity contribution in [2.45, 2.75) is 25.3 Å². The molecule has 9 nitrogen and oxygen atoms in total. The first kappa shape index (κ1) is 15.9. The number of benzene rings is 1. The number of non-ortho nitro benzene ring substituents is 1. The first-order valence-corrected chi connectivity index (χ1v) is 7.20. The number of nitro benzene ring substituents is 1. The van der Waals surface area contributed by atoms with E-state index in [2.05, 4.69) is 0 Å². The number of carbonyl (C=O) groups excluding carboxylic acids is 2. The van der Waals surface area contributed by atoms with Crippen molar-refractivity contribution in [1.29, 1.82) is 0 Å². The molecule has 0 aliphatic carbocycles. The second-order valence-electron chi connectivity index (χ2n) is 5.30. The molecule has 1 amide bonds. The third kappa shape index (κ3) is 2.81. The van der Waals surface area contributed by atoms with Gasteiger partial charge in [0.2, 0.25) is 5.91 Å². The quantitative estimate of drug-likeness (QED) is 0.360. The van der Waals surface area contributed by atoms with Gasteiger partial charge in [-0.25, -0.2) is 4.79 Å². The van der Waals surface area contributed by atoms with E-state index in [0.29, 0.717) is 5.56 Å². The molecule has 2 fully saturated rings. The third-order valence-corrected chi connectivity index (χ3v) is 3.81. The zero-order valence-electron chi connectivity index (χ0n) is 12.5. The van der Waals surface area contributed by atoms with Crippen molar-refractivity contribution in [3.8, 4) is 0 Å². The summed E-state index contributed by atoms with van der Waals surface area (Å²) in [6.45, 7) is -0.414. The number of aliphatic hydroxyl groups excluding tert-OH is 1. The maximum Gasteiger partial charge on any atom is 0.337 e. The molecule has 126 valence electrons. The fourth-order valence-corrected chi connectivity index (χ4v) is 2.60. The van der Waals surface area contributed by atoms with Gasteiger partial charge in [-0.05, 0) is 23.8 Å². The van der Waals surface area contributed by atoms with E-state index in [1.165, 1.54) is 35.2 Å². The Bertz CT molecular complexity index is 713. The minimum Gasteiger partial charge on any atom is -0.472 e. The van der Waals surface area contributed by atoms with Gasteiger partial charge in [-0.2, -0.15) is 0 Å². The molecule has 2 atom stereocenters. The maximum absolute atomic E-state index is 12.3. The van der Waals surface area contributed by atoms with Crippen LogP contribution in [0.3, 0.4) is 0 Å². The molecule has 0 spiro atoms. The Balaban J connectivity index is 1.66. The Morgan fingerprint density at radius 2 is 2.17 bits per heavy atom. The number of aliphatic hydroxyl groups is 1. The van der Waals surface area contributed by atoms with Gasteiger partial charge in [0.05, 0.1) is 18.0 Å². The van der Waals surface area contributed by atoms with Crippen LogP contribution in [0.25, 0.3) is 0 Å². The van der Waals surface area contributed by atoms with Gasteiger partial charge in [0.15, 0.2) is 12.3 Å². The van der Waals surface area contributed by atoms with E-state index >= 15 is 0 Å². The van der Waals surface area contributed by atoms with E-state index in [9.17, 15) is 19.7 Å². The minimum absolute atomic E-state index is 0.0588. The van der Waals surface area contributed by atoms with Crippen molar-refractivity contribution < 1.29 is 29.1 Å². The number of ether oxygens (including phenoxy) is 2. The molecule has 0 bridgehead atoms. The monoisotopic (exact) mass is 334 g/mol. The Kier molecular flexibility index (Phi) is 4.17. The number of carbonyl (C=O) groups is 2. The third-order valence-electron chi connectivity index (χ3n) is 3.81. The average Bonchev–Trinajstić information content (AvgIpc) is 2.85. The molecule has 9 heteroatoms. The standard InChI is InChI=1S/C15H14N2O7/c18-6-5-11-14(16-12(19)7-13(16)24-11)15(20)23-8-9-1-3-10(4-2-9)17(21)22/h1-5,13-14,18H,6-8H2/b11-5-/t13-,14-/m1/s1. The lowest BCUT2D eigenvalue weighted by Crippen LogP contribution is -2.55. The van der Waals surface area contributed by atoms with Crippen LogP contribution in [0, 0.1) is 10.1 Å². The predicted molar refractivity (Wildman–Crippen MR) is 78.2 cm³/mol. The van der Waals surface area contributed by atoms with Gasteiger partial charge < -0.3 is 14.6 Å². The summed E-state index contributed by atoms with van der Waals surface area (Å²) in [5, 5.41) is 19.6. The van der Waals surface area contributed by atoms with Crippen molar-refractivity contribution in [3.63, 3.8) is 0 Å². The first-order chi connectivity index (χ1) is 11.5. The fraction of sp³-hybridized carbons (Fsp3) is 0.333. The summed E-state index contributed by atoms with van der Waals surface area (Å²) in [4.78, 5) is 35.3. The normalized spacial score (nSPS) is 23.5. The molecule has 0 unspecified atom stereocenters. The first-order valence-electron chi connectivity index (χ1n) is 7.20. The molecule has 3 rings (SSSR count). The molecule has 1 N–H and O–H groups in total. The van der Waals surface area contributed by atoms with E-state index in [1.807, 2.05) is 0 Å². The lowest BCUT2D eigenvalue weighted by molar-refractivity contribution is -0.384. The van der Waals surface area contributed by atoms with Crippen molar-refractivity contribution in [2.75, 3.05) is 6.61 Å². The van der Waals surface area contributed by atoms with Gasteiger partial charge in [0.1, 0.15) is 12.4 Å². The summed E-state index contributed by atoms with van der Waals surface area (Å²) in [5.74, 6) is -0.704. The van der Waals surface area contributed by atoms with E-state index in [1.54, 1.807) is 0 Å². The second-order valence-corrected chi connectivity index (χ2v) is 5.30. The van der Waals surface area contributed by atoms with Crippen LogP contribution in [0.1, 0.15) is 12.0 Å². The van der Waals surface area contributed by atoms with Crippen LogP contribution >= 0.6 is 0 Å². The van der Waals surface area contributed by atoms with E-state index in [4.69, 9.17) is 14.6 Å². The zero-order valence-corrected chi connectivity index (χ0v) is 12.5. The predicted octanol–water partition coefficient (Wildman–Crippen LogP) is 0.471. The Morgan fingerprint density at radius 1 is 1.46 bits per heavy atom. The maximum atomic E-state index is 12.3. The lowest BCUT2D eigenvalue weighted by atomic mass is 10.1. The van der Waals surface area contributed by atoms with Crippen molar-refractivity contribution in [2.24, 2.45) is 0 Å². The number of hydrogen-bond acceptors (Lipinski definition) is 7. The molecular weight excluding hydrogens is 320 g/mol. The minimum atomic E-state index is -0.999. The summed E-state index contributed by atoms with van der Waals surface area (Å²) in [5.41, 5.74) is 0.517. The molecular formula is C15H14N2O7. The molecule has 0 saturated carbocycles. The van der Waals surface area contributed by atoms with Gasteiger partial charge >= 0.3 is 5.97 Å². The molecule has 1 aromatic carbocycles. The van der Waals surface area contributed by atoms with Crippen LogP contribution in [-0.4, -0.2) is 45.7 Å². The van der Waals surface area contributed by atoms with Crippen LogP contribution in [0.5, 0.6) is 0 Å². The summed E-state index contributed by atoms with van der Waals surface area (Å²) in [7, 11) is 0. The smallest absolute Gasteiger partial charge is 0.337 e. The number of hydrogen-bond donors (Lipinski definition) is 1. The zero-order chi connectivity index (χ0) is 17.3. The molecule has 24 heavy (non-hydrogen) atoms. The molecule has 2 aliphatic heterocycles. The summed E-state index contributed by atoms with van der Waals surface area (Å²) in [6.07, 6.45) is 1.02. The Morgan fingerprint density at radius 3 is 2.75 bits per heavy atom. The topological polar surface area (TPSA) is 119 Å². The SMILES string of the molecule is O=C(OCc1ccc([N+](=O)[O-])cc1)[C@H]1/C(=C/CO)O[C@@H]2CC(=O)N21. The van der Waals surface area contributed by atoms with Gasteiger partial charge in [-0.15, -0.1) is 0 Å². The molecule has 2 heterocycles. The molecule has 1 aromatic rings. The molecule has 0 aromatic heterocycles. The Hall–Kier alpha value is -2.94. The van der Waals surface area contributed by atoms with Crippen molar-refractivity contribution in [1.82, 2.24) is 4.90 Å². The van der Waals surface area contributed by atoms with Gasteiger partial charge in [0.25, 0.3) is 5.69 Å². The highest BCUT2D eigenvalue weighted by Crippen LogP contribution is 2.36. The number of amides is 1. The number of fused-ring (bicyclic) bond motifs is 1. The lowest BCUT2D eigenvalue weighted by Gasteiger charge is -2.33. The van der Waals surface area contributed by atoms with Crippen LogP contribution in [-0.2, 0) is 25.7 Å². The second kappa shape index (κ2) is 6.28. The molecule has 0 radical (unpaired) electrons.